The van der Waals surface area contributed by atoms with Gasteiger partial charge in [-0.05, 0) is 11.6 Å². The van der Waals surface area contributed by atoms with Crippen molar-refractivity contribution < 1.29 is 14.3 Å². The number of hydrogen-bond acceptors (Lipinski definition) is 3. The Balaban J connectivity index is 1.92. The van der Waals surface area contributed by atoms with Crippen molar-refractivity contribution in [2.24, 2.45) is 0 Å². The lowest BCUT2D eigenvalue weighted by atomic mass is 9.95. The molecule has 1 spiro atoms. The Hall–Kier alpha value is -1.97. The molecule has 0 aromatic heterocycles. The summed E-state index contributed by atoms with van der Waals surface area (Å²) in [5.41, 5.74) is -0.0444. The molecule has 1 aliphatic carbocycles. The molecule has 0 bridgehead atoms. The SMILES string of the molecule is C=C(Cl)/C=C\C(=C)C1OC12C(=O)c1ccccc1C2=O. The van der Waals surface area contributed by atoms with Crippen LogP contribution in [0.1, 0.15) is 20.7 Å². The zero-order valence-electron chi connectivity index (χ0n) is 10.6. The fourth-order valence-corrected chi connectivity index (χ4v) is 2.56. The van der Waals surface area contributed by atoms with Gasteiger partial charge in [0.2, 0.25) is 17.2 Å². The van der Waals surface area contributed by atoms with E-state index in [1.54, 1.807) is 36.4 Å². The summed E-state index contributed by atoms with van der Waals surface area (Å²) in [6, 6.07) is 6.74. The van der Waals surface area contributed by atoms with Crippen LogP contribution in [0.25, 0.3) is 0 Å². The Morgan fingerprint density at radius 3 is 2.20 bits per heavy atom. The quantitative estimate of drug-likeness (QED) is 0.487. The van der Waals surface area contributed by atoms with E-state index in [1.807, 2.05) is 0 Å². The molecule has 0 radical (unpaired) electrons. The van der Waals surface area contributed by atoms with E-state index in [1.165, 1.54) is 0 Å². The average molecular weight is 287 g/mol. The van der Waals surface area contributed by atoms with Crippen molar-refractivity contribution in [2.75, 3.05) is 0 Å². The molecule has 1 heterocycles. The van der Waals surface area contributed by atoms with Crippen molar-refractivity contribution in [3.05, 3.63) is 71.3 Å². The third kappa shape index (κ3) is 1.64. The molecule has 1 fully saturated rings. The first-order valence-corrected chi connectivity index (χ1v) is 6.44. The highest BCUT2D eigenvalue weighted by atomic mass is 35.5. The van der Waals surface area contributed by atoms with E-state index in [9.17, 15) is 9.59 Å². The average Bonchev–Trinajstić information content (AvgIpc) is 3.15. The zero-order valence-corrected chi connectivity index (χ0v) is 11.3. The van der Waals surface area contributed by atoms with E-state index in [2.05, 4.69) is 13.2 Å². The minimum absolute atomic E-state index is 0.289. The van der Waals surface area contributed by atoms with Crippen molar-refractivity contribution >= 4 is 23.2 Å². The van der Waals surface area contributed by atoms with Crippen LogP contribution >= 0.6 is 11.6 Å². The molecular weight excluding hydrogens is 276 g/mol. The second-order valence-corrected chi connectivity index (χ2v) is 5.28. The van der Waals surface area contributed by atoms with Gasteiger partial charge in [-0.25, -0.2) is 0 Å². The van der Waals surface area contributed by atoms with Crippen LogP contribution in [-0.4, -0.2) is 23.3 Å². The Morgan fingerprint density at radius 2 is 1.70 bits per heavy atom. The van der Waals surface area contributed by atoms with Crippen molar-refractivity contribution in [1.29, 1.82) is 0 Å². The number of Topliss-reactive ketones (excluding diaryl/α,β-unsaturated/α-hetero) is 2. The molecule has 1 aromatic rings. The number of carbonyl (C=O) groups excluding carboxylic acids is 2. The first kappa shape index (κ1) is 13.0. The van der Waals surface area contributed by atoms with Crippen LogP contribution < -0.4 is 0 Å². The van der Waals surface area contributed by atoms with Gasteiger partial charge < -0.3 is 4.74 Å². The summed E-state index contributed by atoms with van der Waals surface area (Å²) >= 11 is 5.63. The number of hydrogen-bond donors (Lipinski definition) is 0. The van der Waals surface area contributed by atoms with Crippen LogP contribution in [0.5, 0.6) is 0 Å². The van der Waals surface area contributed by atoms with Gasteiger partial charge in [0, 0.05) is 16.2 Å². The maximum Gasteiger partial charge on any atom is 0.224 e. The summed E-state index contributed by atoms with van der Waals surface area (Å²) in [6.45, 7) is 7.34. The van der Waals surface area contributed by atoms with Crippen LogP contribution in [0.15, 0.2) is 60.2 Å². The molecule has 1 unspecified atom stereocenters. The molecule has 2 aliphatic rings. The third-order valence-corrected chi connectivity index (χ3v) is 3.65. The predicted octanol–water partition coefficient (Wildman–Crippen LogP) is 3.07. The summed E-state index contributed by atoms with van der Waals surface area (Å²) in [4.78, 5) is 24.8. The van der Waals surface area contributed by atoms with E-state index < -0.39 is 11.7 Å². The summed E-state index contributed by atoms with van der Waals surface area (Å²) < 4.78 is 5.44. The number of halogens is 1. The molecule has 0 amide bonds. The fraction of sp³-hybridized carbons (Fsp3) is 0.125. The Morgan fingerprint density at radius 1 is 1.15 bits per heavy atom. The maximum atomic E-state index is 12.4. The minimum atomic E-state index is -1.40. The van der Waals surface area contributed by atoms with Gasteiger partial charge in [0.05, 0.1) is 0 Å². The lowest BCUT2D eigenvalue weighted by Gasteiger charge is -1.99. The monoisotopic (exact) mass is 286 g/mol. The van der Waals surface area contributed by atoms with E-state index in [4.69, 9.17) is 16.3 Å². The summed E-state index contributed by atoms with van der Waals surface area (Å²) in [5.74, 6) is -0.579. The molecule has 1 aromatic carbocycles. The van der Waals surface area contributed by atoms with Crippen LogP contribution in [0.2, 0.25) is 0 Å². The van der Waals surface area contributed by atoms with Gasteiger partial charge in [-0.1, -0.05) is 55.1 Å². The van der Waals surface area contributed by atoms with Crippen molar-refractivity contribution in [1.82, 2.24) is 0 Å². The van der Waals surface area contributed by atoms with Crippen LogP contribution in [0, 0.1) is 0 Å². The summed E-state index contributed by atoms with van der Waals surface area (Å²) in [7, 11) is 0. The smallest absolute Gasteiger partial charge is 0.224 e. The van der Waals surface area contributed by atoms with Gasteiger partial charge in [-0.2, -0.15) is 0 Å². The highest BCUT2D eigenvalue weighted by Gasteiger charge is 2.72. The van der Waals surface area contributed by atoms with Gasteiger partial charge in [0.15, 0.2) is 0 Å². The molecule has 1 aliphatic heterocycles. The third-order valence-electron chi connectivity index (χ3n) is 3.52. The number of epoxide rings is 1. The molecule has 0 N–H and O–H groups in total. The summed E-state index contributed by atoms with van der Waals surface area (Å²) in [6.07, 6.45) is 2.54. The summed E-state index contributed by atoms with van der Waals surface area (Å²) in [5, 5.41) is 0.341. The molecule has 1 atom stereocenters. The molecule has 3 rings (SSSR count). The fourth-order valence-electron chi connectivity index (χ4n) is 2.50. The number of ketones is 2. The highest BCUT2D eigenvalue weighted by Crippen LogP contribution is 2.50. The van der Waals surface area contributed by atoms with Crippen LogP contribution in [-0.2, 0) is 4.74 Å². The van der Waals surface area contributed by atoms with Gasteiger partial charge in [0.25, 0.3) is 0 Å². The second-order valence-electron chi connectivity index (χ2n) is 4.79. The van der Waals surface area contributed by atoms with E-state index in [0.29, 0.717) is 21.7 Å². The number of benzene rings is 1. The number of carbonyl (C=O) groups is 2. The highest BCUT2D eigenvalue weighted by molar-refractivity contribution is 6.34. The van der Waals surface area contributed by atoms with E-state index in [0.717, 1.165) is 0 Å². The molecule has 3 nitrogen and oxygen atoms in total. The van der Waals surface area contributed by atoms with Crippen molar-refractivity contribution in [2.45, 2.75) is 11.7 Å². The van der Waals surface area contributed by atoms with Gasteiger partial charge in [-0.3, -0.25) is 9.59 Å². The molecule has 20 heavy (non-hydrogen) atoms. The molecule has 100 valence electrons. The largest absolute Gasteiger partial charge is 0.344 e. The molecule has 0 saturated carbocycles. The first-order valence-electron chi connectivity index (χ1n) is 6.06. The van der Waals surface area contributed by atoms with E-state index >= 15 is 0 Å². The van der Waals surface area contributed by atoms with Gasteiger partial charge in [0.1, 0.15) is 6.10 Å². The van der Waals surface area contributed by atoms with Crippen LogP contribution in [0.3, 0.4) is 0 Å². The standard InChI is InChI=1S/C16H11ClO3/c1-9(7-8-10(2)17)15-16(20-15)13(18)11-5-3-4-6-12(11)14(16)19/h3-8,15H,1-2H2/b8-7-. The Bertz CT molecular complexity index is 664. The lowest BCUT2D eigenvalue weighted by molar-refractivity contribution is 0.0785. The lowest BCUT2D eigenvalue weighted by Crippen LogP contribution is -2.29. The second kappa shape index (κ2) is 4.27. The minimum Gasteiger partial charge on any atom is -0.344 e. The Labute approximate surface area is 121 Å². The zero-order chi connectivity index (χ0) is 14.5. The topological polar surface area (TPSA) is 46.7 Å². The molecular formula is C16H11ClO3. The van der Waals surface area contributed by atoms with Gasteiger partial charge in [-0.15, -0.1) is 0 Å². The number of rotatable bonds is 3. The molecule has 1 saturated heterocycles. The number of fused-ring (bicyclic) bond motifs is 1. The maximum absolute atomic E-state index is 12.4. The Kier molecular flexibility index (Phi) is 2.78. The first-order chi connectivity index (χ1) is 9.48. The predicted molar refractivity (Wildman–Crippen MR) is 76.0 cm³/mol. The van der Waals surface area contributed by atoms with Crippen molar-refractivity contribution in [3.63, 3.8) is 0 Å². The van der Waals surface area contributed by atoms with Crippen LogP contribution in [0.4, 0.5) is 0 Å². The van der Waals surface area contributed by atoms with E-state index in [-0.39, 0.29) is 11.6 Å². The molecule has 4 heteroatoms. The normalized spacial score (nSPS) is 22.4. The van der Waals surface area contributed by atoms with Gasteiger partial charge >= 0.3 is 0 Å². The number of ether oxygens (including phenoxy) is 1. The number of allylic oxidation sites excluding steroid dienone is 2. The van der Waals surface area contributed by atoms with Crippen molar-refractivity contribution in [3.8, 4) is 0 Å².